The Morgan fingerprint density at radius 3 is 2.46 bits per heavy atom. The van der Waals surface area contributed by atoms with Crippen LogP contribution in [0.15, 0.2) is 24.4 Å². The Balaban J connectivity index is 2.40. The molecule has 1 unspecified atom stereocenters. The van der Waals surface area contributed by atoms with Crippen LogP contribution in [0.4, 0.5) is 5.69 Å². The zero-order chi connectivity index (χ0) is 17.7. The first-order chi connectivity index (χ1) is 11.4. The van der Waals surface area contributed by atoms with E-state index in [0.29, 0.717) is 35.9 Å². The number of ether oxygens (including phenoxy) is 2. The normalized spacial score (nSPS) is 13.3. The van der Waals surface area contributed by atoms with Crippen molar-refractivity contribution in [2.75, 3.05) is 25.1 Å². The Morgan fingerprint density at radius 1 is 1.25 bits per heavy atom. The maximum Gasteiger partial charge on any atom is 0.337 e. The van der Waals surface area contributed by atoms with Gasteiger partial charge in [0.1, 0.15) is 0 Å². The lowest BCUT2D eigenvalue weighted by molar-refractivity contribution is -0.155. The predicted octanol–water partition coefficient (Wildman–Crippen LogP) is 2.28. The first-order valence-electron chi connectivity index (χ1n) is 7.77. The van der Waals surface area contributed by atoms with Crippen LogP contribution in [0.5, 0.6) is 11.5 Å². The summed E-state index contributed by atoms with van der Waals surface area (Å²) in [6.45, 7) is 5.86. The number of anilines is 1. The van der Waals surface area contributed by atoms with E-state index in [1.807, 2.05) is 13.8 Å². The quantitative estimate of drug-likeness (QED) is 0.681. The largest absolute Gasteiger partial charge is 0.490 e. The fourth-order valence-electron chi connectivity index (χ4n) is 2.19. The van der Waals surface area contributed by atoms with Crippen LogP contribution in [-0.2, 0) is 4.79 Å². The highest BCUT2D eigenvalue weighted by atomic mass is 16.5. The number of aromatic nitrogens is 1. The number of hydrogen-bond acceptors (Lipinski definition) is 6. The molecule has 3 N–H and O–H groups in total. The minimum absolute atomic E-state index is 0.140. The molecule has 1 heterocycles. The Bertz CT molecular complexity index is 730. The van der Waals surface area contributed by atoms with Crippen molar-refractivity contribution >= 4 is 22.6 Å². The van der Waals surface area contributed by atoms with E-state index in [9.17, 15) is 9.90 Å². The molecule has 0 spiro atoms. The highest BCUT2D eigenvalue weighted by Crippen LogP contribution is 2.35. The first-order valence-corrected chi connectivity index (χ1v) is 7.77. The molecular weight excluding hydrogens is 312 g/mol. The van der Waals surface area contributed by atoms with Crippen LogP contribution < -0.4 is 14.8 Å². The summed E-state index contributed by atoms with van der Waals surface area (Å²) < 4.78 is 11.2. The van der Waals surface area contributed by atoms with E-state index in [4.69, 9.17) is 14.6 Å². The minimum atomic E-state index is -1.87. The highest BCUT2D eigenvalue weighted by molar-refractivity contribution is 5.93. The van der Waals surface area contributed by atoms with E-state index < -0.39 is 11.6 Å². The van der Waals surface area contributed by atoms with Crippen LogP contribution in [0, 0.1) is 0 Å². The van der Waals surface area contributed by atoms with E-state index in [1.165, 1.54) is 6.92 Å². The van der Waals surface area contributed by atoms with Crippen molar-refractivity contribution in [2.24, 2.45) is 0 Å². The van der Waals surface area contributed by atoms with Crippen molar-refractivity contribution in [1.29, 1.82) is 0 Å². The number of carbonyl (C=O) groups is 1. The third kappa shape index (κ3) is 3.86. The van der Waals surface area contributed by atoms with Gasteiger partial charge in [-0.15, -0.1) is 0 Å². The van der Waals surface area contributed by atoms with Crippen LogP contribution in [0.25, 0.3) is 10.9 Å². The van der Waals surface area contributed by atoms with Crippen molar-refractivity contribution < 1.29 is 24.5 Å². The van der Waals surface area contributed by atoms with Crippen LogP contribution in [0.2, 0.25) is 0 Å². The van der Waals surface area contributed by atoms with Crippen molar-refractivity contribution in [2.45, 2.75) is 26.4 Å². The summed E-state index contributed by atoms with van der Waals surface area (Å²) in [5, 5.41) is 22.6. The monoisotopic (exact) mass is 334 g/mol. The summed E-state index contributed by atoms with van der Waals surface area (Å²) in [5.41, 5.74) is -0.531. The fraction of sp³-hybridized carbons (Fsp3) is 0.412. The van der Waals surface area contributed by atoms with Crippen molar-refractivity contribution in [3.8, 4) is 11.5 Å². The van der Waals surface area contributed by atoms with E-state index in [0.717, 1.165) is 5.39 Å². The Labute approximate surface area is 140 Å². The summed E-state index contributed by atoms with van der Waals surface area (Å²) >= 11 is 0. The van der Waals surface area contributed by atoms with Gasteiger partial charge in [0.2, 0.25) is 0 Å². The summed E-state index contributed by atoms with van der Waals surface area (Å²) in [6.07, 6.45) is 1.61. The summed E-state index contributed by atoms with van der Waals surface area (Å²) in [4.78, 5) is 15.3. The van der Waals surface area contributed by atoms with E-state index in [-0.39, 0.29) is 6.54 Å². The minimum Gasteiger partial charge on any atom is -0.490 e. The summed E-state index contributed by atoms with van der Waals surface area (Å²) in [5.74, 6) is -0.0936. The number of nitrogens with one attached hydrogen (secondary N) is 1. The van der Waals surface area contributed by atoms with Gasteiger partial charge < -0.3 is 25.0 Å². The molecule has 0 aliphatic carbocycles. The van der Waals surface area contributed by atoms with Gasteiger partial charge in [-0.2, -0.15) is 0 Å². The predicted molar refractivity (Wildman–Crippen MR) is 90.8 cm³/mol. The van der Waals surface area contributed by atoms with Crippen LogP contribution >= 0.6 is 0 Å². The maximum absolute atomic E-state index is 11.0. The number of pyridine rings is 1. The zero-order valence-corrected chi connectivity index (χ0v) is 14.0. The zero-order valence-electron chi connectivity index (χ0n) is 14.0. The number of benzene rings is 1. The van der Waals surface area contributed by atoms with E-state index >= 15 is 0 Å². The van der Waals surface area contributed by atoms with Gasteiger partial charge in [-0.05, 0) is 32.9 Å². The second kappa shape index (κ2) is 7.35. The average Bonchev–Trinajstić information content (AvgIpc) is 2.54. The molecule has 0 aliphatic rings. The smallest absolute Gasteiger partial charge is 0.337 e. The lowest BCUT2D eigenvalue weighted by Gasteiger charge is -2.20. The molecule has 7 nitrogen and oxygen atoms in total. The number of carboxylic acid groups (broad SMARTS) is 1. The lowest BCUT2D eigenvalue weighted by Crippen LogP contribution is -2.41. The molecule has 0 bridgehead atoms. The third-order valence-electron chi connectivity index (χ3n) is 3.49. The second-order valence-electron chi connectivity index (χ2n) is 5.47. The third-order valence-corrected chi connectivity index (χ3v) is 3.49. The number of carboxylic acids is 1. The molecule has 7 heteroatoms. The van der Waals surface area contributed by atoms with Crippen LogP contribution in [0.3, 0.4) is 0 Å². The maximum atomic E-state index is 11.0. The standard InChI is InChI=1S/C17H22N2O5/c1-4-23-14-8-11-12(19-10-17(3,22)16(20)21)6-7-18-13(11)9-15(14)24-5-2/h6-9,22H,4-5,10H2,1-3H3,(H,18,19)(H,20,21). The molecule has 0 saturated carbocycles. The molecular formula is C17H22N2O5. The number of aliphatic carboxylic acids is 1. The summed E-state index contributed by atoms with van der Waals surface area (Å²) in [7, 11) is 0. The molecule has 0 fully saturated rings. The van der Waals surface area contributed by atoms with Gasteiger partial charge in [-0.3, -0.25) is 4.98 Å². The Hall–Kier alpha value is -2.54. The van der Waals surface area contributed by atoms with Gasteiger partial charge in [0.25, 0.3) is 0 Å². The topological polar surface area (TPSA) is 101 Å². The van der Waals surface area contributed by atoms with Crippen LogP contribution in [-0.4, -0.2) is 46.5 Å². The number of aliphatic hydroxyl groups is 1. The van der Waals surface area contributed by atoms with Gasteiger partial charge in [0, 0.05) is 23.3 Å². The molecule has 24 heavy (non-hydrogen) atoms. The SMILES string of the molecule is CCOc1cc2nccc(NCC(C)(O)C(=O)O)c2cc1OCC. The van der Waals surface area contributed by atoms with Gasteiger partial charge >= 0.3 is 5.97 Å². The molecule has 1 aromatic heterocycles. The van der Waals surface area contributed by atoms with E-state index in [2.05, 4.69) is 10.3 Å². The molecule has 2 aromatic rings. The van der Waals surface area contributed by atoms with Gasteiger partial charge in [-0.1, -0.05) is 0 Å². The van der Waals surface area contributed by atoms with Gasteiger partial charge in [0.15, 0.2) is 17.1 Å². The number of hydrogen-bond donors (Lipinski definition) is 3. The molecule has 1 aromatic carbocycles. The summed E-state index contributed by atoms with van der Waals surface area (Å²) in [6, 6.07) is 5.30. The Kier molecular flexibility index (Phi) is 5.46. The second-order valence-corrected chi connectivity index (χ2v) is 5.47. The number of nitrogens with zero attached hydrogens (tertiary/aromatic N) is 1. The highest BCUT2D eigenvalue weighted by Gasteiger charge is 2.29. The molecule has 0 saturated heterocycles. The molecule has 130 valence electrons. The van der Waals surface area contributed by atoms with Gasteiger partial charge in [0.05, 0.1) is 25.3 Å². The van der Waals surface area contributed by atoms with E-state index in [1.54, 1.807) is 24.4 Å². The van der Waals surface area contributed by atoms with Crippen molar-refractivity contribution in [1.82, 2.24) is 4.98 Å². The average molecular weight is 334 g/mol. The van der Waals surface area contributed by atoms with Gasteiger partial charge in [-0.25, -0.2) is 4.79 Å². The molecule has 1 atom stereocenters. The molecule has 0 amide bonds. The number of rotatable bonds is 8. The van der Waals surface area contributed by atoms with Crippen LogP contribution in [0.1, 0.15) is 20.8 Å². The Morgan fingerprint density at radius 2 is 1.88 bits per heavy atom. The fourth-order valence-corrected chi connectivity index (χ4v) is 2.19. The lowest BCUT2D eigenvalue weighted by atomic mass is 10.1. The molecule has 2 rings (SSSR count). The van der Waals surface area contributed by atoms with Crippen molar-refractivity contribution in [3.05, 3.63) is 24.4 Å². The van der Waals surface area contributed by atoms with Crippen molar-refractivity contribution in [3.63, 3.8) is 0 Å². The molecule has 0 radical (unpaired) electrons. The first kappa shape index (κ1) is 17.8. The number of fused-ring (bicyclic) bond motifs is 1. The molecule has 0 aliphatic heterocycles.